The van der Waals surface area contributed by atoms with Crippen LogP contribution in [0.25, 0.3) is 0 Å². The summed E-state index contributed by atoms with van der Waals surface area (Å²) in [5.41, 5.74) is 4.12. The highest BCUT2D eigenvalue weighted by Crippen LogP contribution is 2.23. The van der Waals surface area contributed by atoms with Crippen molar-refractivity contribution in [2.45, 2.75) is 19.6 Å². The molecule has 0 aliphatic rings. The molecule has 1 unspecified atom stereocenters. The number of urea groups is 1. The van der Waals surface area contributed by atoms with Crippen molar-refractivity contribution >= 4 is 23.1 Å². The standard InChI is InChI=1S/C19H20N4O3S/c1-13(17-6-7-20-9-18(17)25-2)22-19(24)23-14-4-3-5-16(8-14)26-10-15-11-27-12-21-15/h3-9,11-13H,10H2,1-2H3,(H2,22,23,24). The smallest absolute Gasteiger partial charge is 0.319 e. The number of benzene rings is 1. The van der Waals surface area contributed by atoms with Gasteiger partial charge in [-0.05, 0) is 25.1 Å². The largest absolute Gasteiger partial charge is 0.495 e. The van der Waals surface area contributed by atoms with Gasteiger partial charge < -0.3 is 20.1 Å². The van der Waals surface area contributed by atoms with Crippen molar-refractivity contribution < 1.29 is 14.3 Å². The van der Waals surface area contributed by atoms with Crippen molar-refractivity contribution in [1.82, 2.24) is 15.3 Å². The first-order chi connectivity index (χ1) is 13.2. The fourth-order valence-corrected chi connectivity index (χ4v) is 3.03. The van der Waals surface area contributed by atoms with Gasteiger partial charge in [-0.15, -0.1) is 11.3 Å². The molecule has 140 valence electrons. The van der Waals surface area contributed by atoms with Gasteiger partial charge in [0.25, 0.3) is 0 Å². The van der Waals surface area contributed by atoms with Crippen LogP contribution in [0.5, 0.6) is 11.5 Å². The van der Waals surface area contributed by atoms with Gasteiger partial charge in [0.15, 0.2) is 0 Å². The fourth-order valence-electron chi connectivity index (χ4n) is 2.49. The lowest BCUT2D eigenvalue weighted by atomic mass is 10.1. The molecule has 0 bridgehead atoms. The summed E-state index contributed by atoms with van der Waals surface area (Å²) in [4.78, 5) is 20.5. The van der Waals surface area contributed by atoms with Crippen molar-refractivity contribution in [3.05, 3.63) is 64.9 Å². The molecule has 2 amide bonds. The highest BCUT2D eigenvalue weighted by Gasteiger charge is 2.14. The average Bonchev–Trinajstić information content (AvgIpc) is 3.20. The first kappa shape index (κ1) is 18.7. The lowest BCUT2D eigenvalue weighted by Crippen LogP contribution is -2.31. The molecule has 3 rings (SSSR count). The second-order valence-corrected chi connectivity index (χ2v) is 6.45. The number of pyridine rings is 1. The van der Waals surface area contributed by atoms with Crippen LogP contribution >= 0.6 is 11.3 Å². The van der Waals surface area contributed by atoms with Gasteiger partial charge in [0.2, 0.25) is 0 Å². The predicted molar refractivity (Wildman–Crippen MR) is 104 cm³/mol. The normalized spacial score (nSPS) is 11.5. The van der Waals surface area contributed by atoms with E-state index in [0.717, 1.165) is 11.3 Å². The Kier molecular flexibility index (Phi) is 6.22. The van der Waals surface area contributed by atoms with Crippen molar-refractivity contribution in [2.75, 3.05) is 12.4 Å². The van der Waals surface area contributed by atoms with E-state index < -0.39 is 0 Å². The molecule has 0 fully saturated rings. The van der Waals surface area contributed by atoms with E-state index in [4.69, 9.17) is 9.47 Å². The minimum atomic E-state index is -0.321. The Morgan fingerprint density at radius 2 is 2.22 bits per heavy atom. The van der Waals surface area contributed by atoms with E-state index in [0.29, 0.717) is 23.8 Å². The summed E-state index contributed by atoms with van der Waals surface area (Å²) in [6.07, 6.45) is 3.28. The summed E-state index contributed by atoms with van der Waals surface area (Å²) in [6, 6.07) is 8.47. The minimum Gasteiger partial charge on any atom is -0.495 e. The zero-order valence-corrected chi connectivity index (χ0v) is 15.8. The molecule has 0 radical (unpaired) electrons. The third-order valence-electron chi connectivity index (χ3n) is 3.81. The monoisotopic (exact) mass is 384 g/mol. The minimum absolute atomic E-state index is 0.243. The first-order valence-corrected chi connectivity index (χ1v) is 9.25. The van der Waals surface area contributed by atoms with E-state index in [1.54, 1.807) is 37.1 Å². The van der Waals surface area contributed by atoms with Crippen molar-refractivity contribution in [2.24, 2.45) is 0 Å². The van der Waals surface area contributed by atoms with Crippen LogP contribution in [0.4, 0.5) is 10.5 Å². The van der Waals surface area contributed by atoms with Gasteiger partial charge in [0.05, 0.1) is 30.6 Å². The van der Waals surface area contributed by atoms with Gasteiger partial charge in [-0.25, -0.2) is 9.78 Å². The van der Waals surface area contributed by atoms with E-state index in [-0.39, 0.29) is 12.1 Å². The average molecular weight is 384 g/mol. The van der Waals surface area contributed by atoms with E-state index in [9.17, 15) is 4.79 Å². The number of rotatable bonds is 7. The zero-order chi connectivity index (χ0) is 19.1. The Balaban J connectivity index is 1.58. The number of methoxy groups -OCH3 is 1. The van der Waals surface area contributed by atoms with Gasteiger partial charge in [-0.1, -0.05) is 6.07 Å². The number of carbonyl (C=O) groups excluding carboxylic acids is 1. The van der Waals surface area contributed by atoms with Crippen LogP contribution in [0.3, 0.4) is 0 Å². The number of amides is 2. The molecule has 27 heavy (non-hydrogen) atoms. The van der Waals surface area contributed by atoms with E-state index >= 15 is 0 Å². The van der Waals surface area contributed by atoms with Crippen LogP contribution in [0, 0.1) is 0 Å². The molecule has 1 aromatic carbocycles. The van der Waals surface area contributed by atoms with Crippen LogP contribution in [0.1, 0.15) is 24.2 Å². The maximum absolute atomic E-state index is 12.3. The zero-order valence-electron chi connectivity index (χ0n) is 15.0. The van der Waals surface area contributed by atoms with Crippen LogP contribution < -0.4 is 20.1 Å². The van der Waals surface area contributed by atoms with Crippen LogP contribution in [-0.4, -0.2) is 23.1 Å². The number of carbonyl (C=O) groups is 1. The summed E-state index contributed by atoms with van der Waals surface area (Å²) in [5.74, 6) is 1.28. The summed E-state index contributed by atoms with van der Waals surface area (Å²) < 4.78 is 11.0. The number of nitrogens with one attached hydrogen (secondary N) is 2. The van der Waals surface area contributed by atoms with Crippen LogP contribution in [0.15, 0.2) is 53.6 Å². The quantitative estimate of drug-likeness (QED) is 0.643. The molecule has 0 aliphatic carbocycles. The van der Waals surface area contributed by atoms with Crippen molar-refractivity contribution in [3.63, 3.8) is 0 Å². The van der Waals surface area contributed by atoms with Gasteiger partial charge >= 0.3 is 6.03 Å². The summed E-state index contributed by atoms with van der Waals surface area (Å²) in [6.45, 7) is 2.27. The molecule has 7 nitrogen and oxygen atoms in total. The Bertz CT molecular complexity index is 886. The summed E-state index contributed by atoms with van der Waals surface area (Å²) in [7, 11) is 1.57. The SMILES string of the molecule is COc1cnccc1C(C)NC(=O)Nc1cccc(OCc2cscn2)c1. The van der Waals surface area contributed by atoms with Gasteiger partial charge in [-0.3, -0.25) is 4.98 Å². The summed E-state index contributed by atoms with van der Waals surface area (Å²) in [5, 5.41) is 7.63. The number of hydrogen-bond acceptors (Lipinski definition) is 6. The first-order valence-electron chi connectivity index (χ1n) is 8.31. The molecule has 2 N–H and O–H groups in total. The second kappa shape index (κ2) is 9.00. The third-order valence-corrected chi connectivity index (χ3v) is 4.45. The van der Waals surface area contributed by atoms with Gasteiger partial charge in [-0.2, -0.15) is 0 Å². The second-order valence-electron chi connectivity index (χ2n) is 5.73. The number of thiazole rings is 1. The maximum atomic E-state index is 12.3. The summed E-state index contributed by atoms with van der Waals surface area (Å²) >= 11 is 1.52. The molecular weight excluding hydrogens is 364 g/mol. The molecule has 0 saturated carbocycles. The van der Waals surface area contributed by atoms with Gasteiger partial charge in [0, 0.05) is 28.9 Å². The Morgan fingerprint density at radius 3 is 3.00 bits per heavy atom. The highest BCUT2D eigenvalue weighted by molar-refractivity contribution is 7.07. The Labute approximate surface area is 161 Å². The third kappa shape index (κ3) is 5.18. The molecule has 3 aromatic rings. The Hall–Kier alpha value is -3.13. The fraction of sp³-hybridized carbons (Fsp3) is 0.211. The molecule has 8 heteroatoms. The molecule has 0 spiro atoms. The molecule has 0 aliphatic heterocycles. The van der Waals surface area contributed by atoms with Crippen LogP contribution in [0.2, 0.25) is 0 Å². The topological polar surface area (TPSA) is 85.4 Å². The molecule has 2 heterocycles. The molecule has 0 saturated heterocycles. The predicted octanol–water partition coefficient (Wildman–Crippen LogP) is 4.01. The van der Waals surface area contributed by atoms with E-state index in [1.165, 1.54) is 11.3 Å². The van der Waals surface area contributed by atoms with Crippen LogP contribution in [-0.2, 0) is 6.61 Å². The molecule has 1 atom stereocenters. The number of hydrogen-bond donors (Lipinski definition) is 2. The Morgan fingerprint density at radius 1 is 1.33 bits per heavy atom. The van der Waals surface area contributed by atoms with E-state index in [1.807, 2.05) is 30.5 Å². The van der Waals surface area contributed by atoms with Gasteiger partial charge in [0.1, 0.15) is 18.1 Å². The molecular formula is C19H20N4O3S. The van der Waals surface area contributed by atoms with E-state index in [2.05, 4.69) is 20.6 Å². The maximum Gasteiger partial charge on any atom is 0.319 e. The number of anilines is 1. The molecule has 2 aromatic heterocycles. The van der Waals surface area contributed by atoms with Crippen molar-refractivity contribution in [1.29, 1.82) is 0 Å². The highest BCUT2D eigenvalue weighted by atomic mass is 32.1. The van der Waals surface area contributed by atoms with Crippen molar-refractivity contribution in [3.8, 4) is 11.5 Å². The number of nitrogens with zero attached hydrogens (tertiary/aromatic N) is 2. The number of ether oxygens (including phenoxy) is 2. The number of aromatic nitrogens is 2. The lowest BCUT2D eigenvalue weighted by Gasteiger charge is -2.17. The lowest BCUT2D eigenvalue weighted by molar-refractivity contribution is 0.249.